The number of carboxylic acids is 1. The van der Waals surface area contributed by atoms with Gasteiger partial charge >= 0.3 is 5.97 Å². The minimum atomic E-state index is -1.04. The van der Waals surface area contributed by atoms with Crippen LogP contribution in [0.1, 0.15) is 24.3 Å². The van der Waals surface area contributed by atoms with Crippen LogP contribution < -0.4 is 0 Å². The number of carbonyl (C=O) groups is 2. The fourth-order valence-electron chi connectivity index (χ4n) is 1.98. The second-order valence-corrected chi connectivity index (χ2v) is 4.95. The quantitative estimate of drug-likeness (QED) is 0.880. The van der Waals surface area contributed by atoms with Gasteiger partial charge in [0.05, 0.1) is 5.69 Å². The highest BCUT2D eigenvalue weighted by molar-refractivity contribution is 5.95. The van der Waals surface area contributed by atoms with Crippen molar-refractivity contribution in [3.05, 3.63) is 42.1 Å². The van der Waals surface area contributed by atoms with Gasteiger partial charge < -0.3 is 10.0 Å². The van der Waals surface area contributed by atoms with Gasteiger partial charge in [0.15, 0.2) is 0 Å². The Bertz CT molecular complexity index is 635. The van der Waals surface area contributed by atoms with Crippen molar-refractivity contribution in [2.45, 2.75) is 19.9 Å². The number of aromatic nitrogens is 2. The van der Waals surface area contributed by atoms with Crippen LogP contribution in [0.4, 0.5) is 0 Å². The second kappa shape index (κ2) is 6.21. The van der Waals surface area contributed by atoms with Gasteiger partial charge in [-0.3, -0.25) is 14.7 Å². The molecule has 0 unspecified atom stereocenters. The van der Waals surface area contributed by atoms with Crippen molar-refractivity contribution in [2.24, 2.45) is 0 Å². The summed E-state index contributed by atoms with van der Waals surface area (Å²) in [5.74, 6) is -1.41. The molecule has 1 aromatic heterocycles. The summed E-state index contributed by atoms with van der Waals surface area (Å²) >= 11 is 0. The maximum atomic E-state index is 12.4. The second-order valence-electron chi connectivity index (χ2n) is 4.95. The summed E-state index contributed by atoms with van der Waals surface area (Å²) in [4.78, 5) is 24.5. The topological polar surface area (TPSA) is 86.3 Å². The van der Waals surface area contributed by atoms with Crippen molar-refractivity contribution >= 4 is 11.9 Å². The number of nitrogens with one attached hydrogen (secondary N) is 1. The number of carbonyl (C=O) groups excluding carboxylic acids is 1. The Morgan fingerprint density at radius 1 is 1.29 bits per heavy atom. The van der Waals surface area contributed by atoms with Crippen LogP contribution in [-0.2, 0) is 4.79 Å². The molecule has 0 bridgehead atoms. The van der Waals surface area contributed by atoms with Crippen molar-refractivity contribution in [3.8, 4) is 11.3 Å². The van der Waals surface area contributed by atoms with Crippen LogP contribution in [0.15, 0.2) is 36.4 Å². The maximum Gasteiger partial charge on any atom is 0.323 e. The first-order chi connectivity index (χ1) is 9.99. The molecule has 0 aliphatic carbocycles. The normalized spacial score (nSPS) is 10.6. The zero-order valence-corrected chi connectivity index (χ0v) is 11.9. The van der Waals surface area contributed by atoms with E-state index >= 15 is 0 Å². The van der Waals surface area contributed by atoms with Gasteiger partial charge in [0.1, 0.15) is 12.2 Å². The Balaban J connectivity index is 2.23. The summed E-state index contributed by atoms with van der Waals surface area (Å²) in [6.07, 6.45) is 0. The van der Waals surface area contributed by atoms with Gasteiger partial charge in [-0.05, 0) is 19.9 Å². The average molecular weight is 287 g/mol. The minimum Gasteiger partial charge on any atom is -0.480 e. The summed E-state index contributed by atoms with van der Waals surface area (Å²) in [7, 11) is 0. The van der Waals surface area contributed by atoms with Gasteiger partial charge in [0, 0.05) is 11.6 Å². The number of hydrogen-bond acceptors (Lipinski definition) is 3. The molecule has 110 valence electrons. The molecule has 6 heteroatoms. The number of amides is 1. The van der Waals surface area contributed by atoms with Crippen LogP contribution in [0.3, 0.4) is 0 Å². The van der Waals surface area contributed by atoms with E-state index in [0.29, 0.717) is 5.69 Å². The molecule has 0 fully saturated rings. The van der Waals surface area contributed by atoms with Crippen LogP contribution in [0.2, 0.25) is 0 Å². The Morgan fingerprint density at radius 2 is 1.95 bits per heavy atom. The molecule has 0 saturated heterocycles. The van der Waals surface area contributed by atoms with Gasteiger partial charge in [0.25, 0.3) is 5.91 Å². The van der Waals surface area contributed by atoms with Gasteiger partial charge in [-0.25, -0.2) is 0 Å². The van der Waals surface area contributed by atoms with Crippen molar-refractivity contribution in [3.63, 3.8) is 0 Å². The first kappa shape index (κ1) is 14.8. The van der Waals surface area contributed by atoms with Crippen molar-refractivity contribution in [1.29, 1.82) is 0 Å². The first-order valence-electron chi connectivity index (χ1n) is 6.62. The number of carboxylic acid groups (broad SMARTS) is 1. The number of aliphatic carboxylic acids is 1. The fourth-order valence-corrected chi connectivity index (χ4v) is 1.98. The highest BCUT2D eigenvalue weighted by Gasteiger charge is 2.23. The third kappa shape index (κ3) is 3.47. The Kier molecular flexibility index (Phi) is 4.37. The predicted octanol–water partition coefficient (Wildman–Crippen LogP) is 2.01. The van der Waals surface area contributed by atoms with Crippen LogP contribution in [0.25, 0.3) is 11.3 Å². The Morgan fingerprint density at radius 3 is 2.52 bits per heavy atom. The molecule has 2 N–H and O–H groups in total. The van der Waals surface area contributed by atoms with Gasteiger partial charge in [0.2, 0.25) is 0 Å². The predicted molar refractivity (Wildman–Crippen MR) is 77.8 cm³/mol. The molecule has 0 aliphatic heterocycles. The maximum absolute atomic E-state index is 12.4. The number of nitrogens with zero attached hydrogens (tertiary/aromatic N) is 2. The first-order valence-corrected chi connectivity index (χ1v) is 6.62. The highest BCUT2D eigenvalue weighted by atomic mass is 16.4. The lowest BCUT2D eigenvalue weighted by Crippen LogP contribution is -2.40. The monoisotopic (exact) mass is 287 g/mol. The Labute approximate surface area is 122 Å². The molecule has 0 saturated carbocycles. The zero-order chi connectivity index (χ0) is 15.4. The summed E-state index contributed by atoms with van der Waals surface area (Å²) in [6, 6.07) is 10.9. The SMILES string of the molecule is CC(C)N(CC(=O)O)C(=O)c1cc(-c2ccccc2)n[nH]1. The Hall–Kier alpha value is -2.63. The molecule has 1 amide bonds. The van der Waals surface area contributed by atoms with Crippen LogP contribution in [-0.4, -0.2) is 44.7 Å². The summed E-state index contributed by atoms with van der Waals surface area (Å²) < 4.78 is 0. The molecule has 2 aromatic rings. The summed E-state index contributed by atoms with van der Waals surface area (Å²) in [6.45, 7) is 3.21. The average Bonchev–Trinajstić information content (AvgIpc) is 2.94. The standard InChI is InChI=1S/C15H17N3O3/c1-10(2)18(9-14(19)20)15(21)13-8-12(16-17-13)11-6-4-3-5-7-11/h3-8,10H,9H2,1-2H3,(H,16,17)(H,19,20). The molecular weight excluding hydrogens is 270 g/mol. The molecule has 0 radical (unpaired) electrons. The van der Waals surface area contributed by atoms with E-state index in [-0.39, 0.29) is 24.2 Å². The molecule has 6 nitrogen and oxygen atoms in total. The van der Waals surface area contributed by atoms with Gasteiger partial charge in [-0.15, -0.1) is 0 Å². The molecule has 1 aromatic carbocycles. The number of benzene rings is 1. The molecule has 0 aliphatic rings. The molecular formula is C15H17N3O3. The molecule has 2 rings (SSSR count). The smallest absolute Gasteiger partial charge is 0.323 e. The van der Waals surface area contributed by atoms with Crippen molar-refractivity contribution < 1.29 is 14.7 Å². The molecule has 0 spiro atoms. The highest BCUT2D eigenvalue weighted by Crippen LogP contribution is 2.18. The van der Waals surface area contributed by atoms with Gasteiger partial charge in [-0.2, -0.15) is 5.10 Å². The van der Waals surface area contributed by atoms with E-state index in [9.17, 15) is 9.59 Å². The van der Waals surface area contributed by atoms with Crippen LogP contribution >= 0.6 is 0 Å². The molecule has 21 heavy (non-hydrogen) atoms. The number of H-pyrrole nitrogens is 1. The fraction of sp³-hybridized carbons (Fsp3) is 0.267. The van der Waals surface area contributed by atoms with E-state index in [2.05, 4.69) is 10.2 Å². The zero-order valence-electron chi connectivity index (χ0n) is 11.9. The van der Waals surface area contributed by atoms with Crippen molar-refractivity contribution in [1.82, 2.24) is 15.1 Å². The number of aromatic amines is 1. The van der Waals surface area contributed by atoms with E-state index in [0.717, 1.165) is 5.56 Å². The molecule has 1 heterocycles. The van der Waals surface area contributed by atoms with E-state index in [1.54, 1.807) is 19.9 Å². The third-order valence-electron chi connectivity index (χ3n) is 3.07. The molecule has 0 atom stereocenters. The minimum absolute atomic E-state index is 0.211. The van der Waals surface area contributed by atoms with Crippen LogP contribution in [0.5, 0.6) is 0 Å². The van der Waals surface area contributed by atoms with E-state index in [4.69, 9.17) is 5.11 Å². The van der Waals surface area contributed by atoms with Gasteiger partial charge in [-0.1, -0.05) is 30.3 Å². The van der Waals surface area contributed by atoms with E-state index in [1.165, 1.54) is 4.90 Å². The van der Waals surface area contributed by atoms with Crippen molar-refractivity contribution in [2.75, 3.05) is 6.54 Å². The third-order valence-corrected chi connectivity index (χ3v) is 3.07. The number of hydrogen-bond donors (Lipinski definition) is 2. The number of rotatable bonds is 5. The lowest BCUT2D eigenvalue weighted by Gasteiger charge is -2.23. The summed E-state index contributed by atoms with van der Waals surface area (Å²) in [5.41, 5.74) is 1.82. The van der Waals surface area contributed by atoms with Crippen LogP contribution in [0, 0.1) is 0 Å². The summed E-state index contributed by atoms with van der Waals surface area (Å²) in [5, 5.41) is 15.7. The van der Waals surface area contributed by atoms with E-state index in [1.807, 2.05) is 30.3 Å². The van der Waals surface area contributed by atoms with E-state index < -0.39 is 5.97 Å². The largest absolute Gasteiger partial charge is 0.480 e. The lowest BCUT2D eigenvalue weighted by molar-refractivity contribution is -0.138. The lowest BCUT2D eigenvalue weighted by atomic mass is 10.1.